The molecule has 0 amide bonds. The monoisotopic (exact) mass is 297 g/mol. The number of nitrogens with one attached hydrogen (secondary N) is 1. The van der Waals surface area contributed by atoms with E-state index in [1.165, 1.54) is 13.2 Å². The van der Waals surface area contributed by atoms with Gasteiger partial charge in [0, 0.05) is 18.7 Å². The van der Waals surface area contributed by atoms with Crippen molar-refractivity contribution < 1.29 is 13.6 Å². The van der Waals surface area contributed by atoms with Crippen molar-refractivity contribution >= 4 is 30.9 Å². The summed E-state index contributed by atoms with van der Waals surface area (Å²) in [6.07, 6.45) is 0.811. The van der Waals surface area contributed by atoms with Crippen molar-refractivity contribution in [3.05, 3.63) is 28.2 Å². The van der Waals surface area contributed by atoms with Gasteiger partial charge in [0.25, 0.3) is 0 Å². The molecule has 0 radical (unpaired) electrons. The van der Waals surface area contributed by atoms with E-state index in [1.807, 2.05) is 6.92 Å². The first-order chi connectivity index (χ1) is 8.00. The molecular formula is C10H14Cl2NO3P. The van der Waals surface area contributed by atoms with Gasteiger partial charge >= 0.3 is 7.75 Å². The Morgan fingerprint density at radius 1 is 1.41 bits per heavy atom. The van der Waals surface area contributed by atoms with Crippen LogP contribution in [-0.2, 0) is 9.09 Å². The van der Waals surface area contributed by atoms with Gasteiger partial charge in [0.15, 0.2) is 0 Å². The minimum Gasteiger partial charge on any atom is -0.412 e. The molecule has 1 atom stereocenters. The van der Waals surface area contributed by atoms with Gasteiger partial charge in [-0.25, -0.2) is 9.65 Å². The average Bonchev–Trinajstić information content (AvgIpc) is 2.30. The summed E-state index contributed by atoms with van der Waals surface area (Å²) in [5.41, 5.74) is 0. The summed E-state index contributed by atoms with van der Waals surface area (Å²) < 4.78 is 22.2. The van der Waals surface area contributed by atoms with Gasteiger partial charge in [-0.1, -0.05) is 30.1 Å². The first kappa shape index (κ1) is 14.8. The van der Waals surface area contributed by atoms with Gasteiger partial charge < -0.3 is 4.52 Å². The normalized spacial score (nSPS) is 14.4. The van der Waals surface area contributed by atoms with Crippen molar-refractivity contribution in [2.24, 2.45) is 0 Å². The lowest BCUT2D eigenvalue weighted by Gasteiger charge is -2.18. The van der Waals surface area contributed by atoms with Gasteiger partial charge in [0.05, 0.1) is 5.02 Å². The highest BCUT2D eigenvalue weighted by molar-refractivity contribution is 7.52. The molecule has 0 aliphatic heterocycles. The largest absolute Gasteiger partial charge is 0.458 e. The Kier molecular flexibility index (Phi) is 5.77. The second kappa shape index (κ2) is 6.62. The fourth-order valence-electron chi connectivity index (χ4n) is 1.06. The van der Waals surface area contributed by atoms with Crippen LogP contribution in [0, 0.1) is 0 Å². The zero-order chi connectivity index (χ0) is 12.9. The molecule has 0 aliphatic carbocycles. The Hall–Kier alpha value is -0.250. The van der Waals surface area contributed by atoms with Crippen LogP contribution in [0.3, 0.4) is 0 Å². The fraction of sp³-hybridized carbons (Fsp3) is 0.400. The quantitative estimate of drug-likeness (QED) is 0.802. The van der Waals surface area contributed by atoms with Crippen LogP contribution < -0.4 is 9.61 Å². The minimum absolute atomic E-state index is 0.268. The zero-order valence-electron chi connectivity index (χ0n) is 9.57. The molecule has 1 aromatic carbocycles. The molecule has 0 saturated carbocycles. The van der Waals surface area contributed by atoms with Crippen LogP contribution in [0.25, 0.3) is 0 Å². The third kappa shape index (κ3) is 4.49. The predicted octanol–water partition coefficient (Wildman–Crippen LogP) is 4.13. The van der Waals surface area contributed by atoms with Crippen LogP contribution >= 0.6 is 30.9 Å². The Morgan fingerprint density at radius 3 is 2.65 bits per heavy atom. The van der Waals surface area contributed by atoms with E-state index in [1.54, 1.807) is 12.1 Å². The lowest BCUT2D eigenvalue weighted by Crippen LogP contribution is -2.16. The first-order valence-corrected chi connectivity index (χ1v) is 7.36. The Bertz CT molecular complexity index is 428. The van der Waals surface area contributed by atoms with Gasteiger partial charge in [0.2, 0.25) is 0 Å². The molecule has 0 fully saturated rings. The van der Waals surface area contributed by atoms with Gasteiger partial charge in [-0.15, -0.1) is 0 Å². The lowest BCUT2D eigenvalue weighted by atomic mass is 10.3. The van der Waals surface area contributed by atoms with E-state index < -0.39 is 7.75 Å². The number of halogens is 2. The molecule has 0 saturated heterocycles. The molecule has 7 heteroatoms. The molecule has 1 N–H and O–H groups in total. The van der Waals surface area contributed by atoms with Gasteiger partial charge in [-0.3, -0.25) is 4.52 Å². The average molecular weight is 298 g/mol. The van der Waals surface area contributed by atoms with Gasteiger partial charge in [-0.2, -0.15) is 0 Å². The molecule has 1 unspecified atom stereocenters. The van der Waals surface area contributed by atoms with Crippen LogP contribution in [0.5, 0.6) is 5.75 Å². The fourth-order valence-corrected chi connectivity index (χ4v) is 2.75. The summed E-state index contributed by atoms with van der Waals surface area (Å²) >= 11 is 11.7. The maximum atomic E-state index is 12.1. The van der Waals surface area contributed by atoms with E-state index in [0.717, 1.165) is 6.42 Å². The Labute approximate surface area is 111 Å². The summed E-state index contributed by atoms with van der Waals surface area (Å²) in [6, 6.07) is 4.66. The van der Waals surface area contributed by atoms with E-state index in [4.69, 9.17) is 32.2 Å². The summed E-state index contributed by atoms with van der Waals surface area (Å²) in [5, 5.41) is 3.47. The SMILES string of the molecule is CCCNP(=O)(OC)Oc1ccc(Cl)cc1Cl. The third-order valence-electron chi connectivity index (χ3n) is 1.91. The Balaban J connectivity index is 2.83. The first-order valence-electron chi connectivity index (χ1n) is 5.06. The van der Waals surface area contributed by atoms with Crippen LogP contribution in [0.2, 0.25) is 10.0 Å². The second-order valence-electron chi connectivity index (χ2n) is 3.25. The number of hydrogen-bond acceptors (Lipinski definition) is 3. The summed E-state index contributed by atoms with van der Waals surface area (Å²) in [5.74, 6) is 0.268. The molecule has 0 aliphatic rings. The standard InChI is InChI=1S/C10H14Cl2NO3P/c1-3-6-13-17(14,15-2)16-10-5-4-8(11)7-9(10)12/h4-5,7H,3,6H2,1-2H3,(H,13,14). The summed E-state index contributed by atoms with van der Waals surface area (Å²) in [7, 11) is -2.05. The van der Waals surface area contributed by atoms with Crippen molar-refractivity contribution in [3.8, 4) is 5.75 Å². The van der Waals surface area contributed by atoms with Crippen molar-refractivity contribution in [3.63, 3.8) is 0 Å². The molecule has 4 nitrogen and oxygen atoms in total. The maximum Gasteiger partial charge on any atom is 0.458 e. The van der Waals surface area contributed by atoms with E-state index in [9.17, 15) is 4.57 Å². The smallest absolute Gasteiger partial charge is 0.412 e. The predicted molar refractivity (Wildman–Crippen MR) is 70.0 cm³/mol. The van der Waals surface area contributed by atoms with Crippen molar-refractivity contribution in [1.82, 2.24) is 5.09 Å². The number of rotatable bonds is 6. The van der Waals surface area contributed by atoms with E-state index in [0.29, 0.717) is 11.6 Å². The molecule has 17 heavy (non-hydrogen) atoms. The van der Waals surface area contributed by atoms with Crippen molar-refractivity contribution in [1.29, 1.82) is 0 Å². The molecule has 96 valence electrons. The van der Waals surface area contributed by atoms with Gasteiger partial charge in [0.1, 0.15) is 5.75 Å². The van der Waals surface area contributed by atoms with E-state index >= 15 is 0 Å². The highest BCUT2D eigenvalue weighted by Gasteiger charge is 2.24. The maximum absolute atomic E-state index is 12.1. The Morgan fingerprint density at radius 2 is 2.12 bits per heavy atom. The summed E-state index contributed by atoms with van der Waals surface area (Å²) in [4.78, 5) is 0. The lowest BCUT2D eigenvalue weighted by molar-refractivity contribution is 0.309. The summed E-state index contributed by atoms with van der Waals surface area (Å²) in [6.45, 7) is 2.47. The van der Waals surface area contributed by atoms with Crippen molar-refractivity contribution in [2.75, 3.05) is 13.7 Å². The highest BCUT2D eigenvalue weighted by atomic mass is 35.5. The van der Waals surface area contributed by atoms with Gasteiger partial charge in [-0.05, 0) is 24.6 Å². The van der Waals surface area contributed by atoms with Crippen LogP contribution in [0.15, 0.2) is 18.2 Å². The van der Waals surface area contributed by atoms with Crippen molar-refractivity contribution in [2.45, 2.75) is 13.3 Å². The molecule has 0 spiro atoms. The molecular weight excluding hydrogens is 284 g/mol. The highest BCUT2D eigenvalue weighted by Crippen LogP contribution is 2.45. The minimum atomic E-state index is -3.36. The molecule has 1 aromatic rings. The molecule has 0 heterocycles. The van der Waals surface area contributed by atoms with Crippen LogP contribution in [0.1, 0.15) is 13.3 Å². The number of hydrogen-bond donors (Lipinski definition) is 1. The third-order valence-corrected chi connectivity index (χ3v) is 3.97. The van der Waals surface area contributed by atoms with Crippen LogP contribution in [0.4, 0.5) is 0 Å². The van der Waals surface area contributed by atoms with E-state index in [2.05, 4.69) is 5.09 Å². The van der Waals surface area contributed by atoms with E-state index in [-0.39, 0.29) is 10.8 Å². The number of benzene rings is 1. The topological polar surface area (TPSA) is 47.6 Å². The van der Waals surface area contributed by atoms with Crippen LogP contribution in [-0.4, -0.2) is 13.7 Å². The molecule has 1 rings (SSSR count). The molecule has 0 aromatic heterocycles. The molecule has 0 bridgehead atoms. The zero-order valence-corrected chi connectivity index (χ0v) is 12.0. The second-order valence-corrected chi connectivity index (χ2v) is 5.96.